The number of thioether (sulfide) groups is 1. The molecular weight excluding hydrogens is 358 g/mol. The third-order valence-corrected chi connectivity index (χ3v) is 5.74. The average molecular weight is 386 g/mol. The lowest BCUT2D eigenvalue weighted by molar-refractivity contribution is -0.118. The van der Waals surface area contributed by atoms with Crippen molar-refractivity contribution in [1.29, 1.82) is 0 Å². The summed E-state index contributed by atoms with van der Waals surface area (Å²) >= 11 is 1.53. The smallest absolute Gasteiger partial charge is 0.230 e. The second-order valence-corrected chi connectivity index (χ2v) is 7.75. The summed E-state index contributed by atoms with van der Waals surface area (Å²) in [5.41, 5.74) is 2.38. The number of rotatable bonds is 7. The van der Waals surface area contributed by atoms with E-state index in [2.05, 4.69) is 46.4 Å². The fourth-order valence-electron chi connectivity index (χ4n) is 2.96. The van der Waals surface area contributed by atoms with Crippen molar-refractivity contribution in [2.24, 2.45) is 0 Å². The van der Waals surface area contributed by atoms with E-state index in [-0.39, 0.29) is 5.91 Å². The molecule has 0 aliphatic carbocycles. The first-order valence-electron chi connectivity index (χ1n) is 9.20. The van der Waals surface area contributed by atoms with Crippen molar-refractivity contribution in [2.75, 3.05) is 51.0 Å². The van der Waals surface area contributed by atoms with E-state index in [1.807, 2.05) is 24.3 Å². The van der Waals surface area contributed by atoms with Crippen molar-refractivity contribution in [3.8, 4) is 5.75 Å². The van der Waals surface area contributed by atoms with Gasteiger partial charge in [0.15, 0.2) is 0 Å². The van der Waals surface area contributed by atoms with Gasteiger partial charge in [0, 0.05) is 43.3 Å². The van der Waals surface area contributed by atoms with Crippen LogP contribution in [0.4, 0.5) is 5.69 Å². The topological polar surface area (TPSA) is 44.8 Å². The lowest BCUT2D eigenvalue weighted by Crippen LogP contribution is -2.44. The van der Waals surface area contributed by atoms with Crippen LogP contribution in [0.5, 0.6) is 5.75 Å². The van der Waals surface area contributed by atoms with E-state index < -0.39 is 0 Å². The molecule has 5 nitrogen and oxygen atoms in total. The Morgan fingerprint density at radius 3 is 2.33 bits per heavy atom. The molecule has 1 amide bonds. The van der Waals surface area contributed by atoms with Gasteiger partial charge in [-0.3, -0.25) is 4.79 Å². The molecule has 144 valence electrons. The number of likely N-dealkylation sites (N-methyl/N-ethyl adjacent to an activating group) is 1. The van der Waals surface area contributed by atoms with Crippen molar-refractivity contribution >= 4 is 23.4 Å². The molecule has 3 rings (SSSR count). The summed E-state index contributed by atoms with van der Waals surface area (Å²) in [5.74, 6) is 1.27. The molecule has 27 heavy (non-hydrogen) atoms. The van der Waals surface area contributed by atoms with Gasteiger partial charge in [-0.1, -0.05) is 12.1 Å². The SMILES string of the molecule is COc1ccc(SCC(=O)NCc2ccc(N3CCN(C)CC3)cc2)cc1. The molecule has 0 atom stereocenters. The second kappa shape index (κ2) is 9.67. The third kappa shape index (κ3) is 5.91. The molecule has 0 radical (unpaired) electrons. The number of carbonyl (C=O) groups is 1. The van der Waals surface area contributed by atoms with Gasteiger partial charge in [-0.25, -0.2) is 0 Å². The van der Waals surface area contributed by atoms with Crippen LogP contribution in [0.25, 0.3) is 0 Å². The maximum atomic E-state index is 12.1. The zero-order valence-corrected chi connectivity index (χ0v) is 16.8. The van der Waals surface area contributed by atoms with Gasteiger partial charge in [-0.15, -0.1) is 11.8 Å². The van der Waals surface area contributed by atoms with Crippen LogP contribution in [0.3, 0.4) is 0 Å². The Hall–Kier alpha value is -2.18. The number of methoxy groups -OCH3 is 1. The molecule has 0 spiro atoms. The zero-order chi connectivity index (χ0) is 19.1. The van der Waals surface area contributed by atoms with Crippen molar-refractivity contribution in [2.45, 2.75) is 11.4 Å². The Morgan fingerprint density at radius 2 is 1.70 bits per heavy atom. The first kappa shape index (κ1) is 19.6. The lowest BCUT2D eigenvalue weighted by atomic mass is 10.2. The maximum Gasteiger partial charge on any atom is 0.230 e. The van der Waals surface area contributed by atoms with E-state index in [1.165, 1.54) is 17.4 Å². The van der Waals surface area contributed by atoms with E-state index >= 15 is 0 Å². The second-order valence-electron chi connectivity index (χ2n) is 6.70. The Kier molecular flexibility index (Phi) is 7.01. The number of amides is 1. The van der Waals surface area contributed by atoms with E-state index in [9.17, 15) is 4.79 Å². The molecule has 2 aromatic rings. The molecule has 1 aliphatic rings. The molecule has 0 unspecified atom stereocenters. The monoisotopic (exact) mass is 385 g/mol. The van der Waals surface area contributed by atoms with Crippen molar-refractivity contribution in [1.82, 2.24) is 10.2 Å². The molecule has 1 fully saturated rings. The summed E-state index contributed by atoms with van der Waals surface area (Å²) < 4.78 is 5.14. The predicted molar refractivity (Wildman–Crippen MR) is 112 cm³/mol. The fraction of sp³-hybridized carbons (Fsp3) is 0.381. The molecule has 2 aromatic carbocycles. The van der Waals surface area contributed by atoms with Gasteiger partial charge in [0.25, 0.3) is 0 Å². The Bertz CT molecular complexity index is 726. The summed E-state index contributed by atoms with van der Waals surface area (Å²) in [6.45, 7) is 4.89. The lowest BCUT2D eigenvalue weighted by Gasteiger charge is -2.34. The van der Waals surface area contributed by atoms with Crippen LogP contribution in [0.1, 0.15) is 5.56 Å². The van der Waals surface area contributed by atoms with Gasteiger partial charge in [-0.05, 0) is 49.0 Å². The number of carbonyl (C=O) groups excluding carboxylic acids is 1. The highest BCUT2D eigenvalue weighted by Crippen LogP contribution is 2.21. The molecule has 0 saturated carbocycles. The number of piperazine rings is 1. The number of hydrogen-bond donors (Lipinski definition) is 1. The van der Waals surface area contributed by atoms with Crippen LogP contribution >= 0.6 is 11.8 Å². The highest BCUT2D eigenvalue weighted by molar-refractivity contribution is 8.00. The summed E-state index contributed by atoms with van der Waals surface area (Å²) in [5, 5.41) is 2.99. The quantitative estimate of drug-likeness (QED) is 0.743. The Balaban J connectivity index is 1.41. The maximum absolute atomic E-state index is 12.1. The van der Waals surface area contributed by atoms with Crippen LogP contribution in [0.15, 0.2) is 53.4 Å². The number of ether oxygens (including phenoxy) is 1. The molecule has 0 aromatic heterocycles. The summed E-state index contributed by atoms with van der Waals surface area (Å²) in [7, 11) is 3.81. The van der Waals surface area contributed by atoms with Crippen molar-refractivity contribution < 1.29 is 9.53 Å². The number of hydrogen-bond acceptors (Lipinski definition) is 5. The molecule has 0 bridgehead atoms. The van der Waals surface area contributed by atoms with Crippen LogP contribution in [-0.4, -0.2) is 56.9 Å². The number of nitrogens with zero attached hydrogens (tertiary/aromatic N) is 2. The third-order valence-electron chi connectivity index (χ3n) is 4.72. The standard InChI is InChI=1S/C21H27N3O2S/c1-23-11-13-24(14-12-23)18-5-3-17(4-6-18)15-22-21(25)16-27-20-9-7-19(26-2)8-10-20/h3-10H,11-16H2,1-2H3,(H,22,25). The first-order chi connectivity index (χ1) is 13.1. The van der Waals surface area contributed by atoms with Crippen molar-refractivity contribution in [3.05, 3.63) is 54.1 Å². The van der Waals surface area contributed by atoms with Gasteiger partial charge in [0.1, 0.15) is 5.75 Å². The average Bonchev–Trinajstić information content (AvgIpc) is 2.72. The number of nitrogens with one attached hydrogen (secondary N) is 1. The van der Waals surface area contributed by atoms with E-state index in [1.54, 1.807) is 7.11 Å². The number of anilines is 1. The first-order valence-corrected chi connectivity index (χ1v) is 10.2. The normalized spacial score (nSPS) is 14.8. The minimum absolute atomic E-state index is 0.0407. The molecule has 6 heteroatoms. The van der Waals surface area contributed by atoms with E-state index in [0.717, 1.165) is 42.4 Å². The summed E-state index contributed by atoms with van der Waals surface area (Å²) in [6, 6.07) is 16.2. The largest absolute Gasteiger partial charge is 0.497 e. The molecule has 1 aliphatic heterocycles. The van der Waals surface area contributed by atoms with E-state index in [4.69, 9.17) is 4.74 Å². The summed E-state index contributed by atoms with van der Waals surface area (Å²) in [4.78, 5) is 17.9. The van der Waals surface area contributed by atoms with Gasteiger partial charge < -0.3 is 19.9 Å². The number of benzene rings is 2. The minimum Gasteiger partial charge on any atom is -0.497 e. The Labute approximate surface area is 165 Å². The van der Waals surface area contributed by atoms with Gasteiger partial charge in [0.2, 0.25) is 5.91 Å². The van der Waals surface area contributed by atoms with Gasteiger partial charge in [-0.2, -0.15) is 0 Å². The summed E-state index contributed by atoms with van der Waals surface area (Å²) in [6.07, 6.45) is 0. The minimum atomic E-state index is 0.0407. The molecule has 1 saturated heterocycles. The highest BCUT2D eigenvalue weighted by atomic mass is 32.2. The Morgan fingerprint density at radius 1 is 1.04 bits per heavy atom. The highest BCUT2D eigenvalue weighted by Gasteiger charge is 2.14. The van der Waals surface area contributed by atoms with Crippen LogP contribution in [0.2, 0.25) is 0 Å². The van der Waals surface area contributed by atoms with Gasteiger partial charge in [0.05, 0.1) is 12.9 Å². The molecule has 1 heterocycles. The van der Waals surface area contributed by atoms with Gasteiger partial charge >= 0.3 is 0 Å². The van der Waals surface area contributed by atoms with Crippen molar-refractivity contribution in [3.63, 3.8) is 0 Å². The fourth-order valence-corrected chi connectivity index (χ4v) is 3.69. The zero-order valence-electron chi connectivity index (χ0n) is 16.0. The molecular formula is C21H27N3O2S. The molecule has 1 N–H and O–H groups in total. The van der Waals surface area contributed by atoms with E-state index in [0.29, 0.717) is 12.3 Å². The predicted octanol–water partition coefficient (Wildman–Crippen LogP) is 2.86. The van der Waals surface area contributed by atoms with Crippen LogP contribution in [0, 0.1) is 0 Å². The van der Waals surface area contributed by atoms with Crippen LogP contribution in [-0.2, 0) is 11.3 Å². The van der Waals surface area contributed by atoms with Crippen LogP contribution < -0.4 is 15.0 Å².